The van der Waals surface area contributed by atoms with Crippen LogP contribution in [0.2, 0.25) is 13.1 Å². The predicted molar refractivity (Wildman–Crippen MR) is 56.6 cm³/mol. The third kappa shape index (κ3) is 2.91. The molecule has 2 N–H and O–H groups in total. The standard InChI is InChI=1S/C9H13NO2Si/c1-13(2)8-5-3-7(4-6-8)10-9(11)12/h3-6,10,13H,1-2H3,(H,11,12). The minimum atomic E-state index is -1.02. The van der Waals surface area contributed by atoms with Gasteiger partial charge in [0.25, 0.3) is 0 Å². The molecule has 0 aliphatic rings. The first-order chi connectivity index (χ1) is 6.09. The van der Waals surface area contributed by atoms with Gasteiger partial charge in [-0.3, -0.25) is 5.32 Å². The second kappa shape index (κ2) is 4.09. The molecule has 0 saturated carbocycles. The van der Waals surface area contributed by atoms with Crippen LogP contribution in [-0.2, 0) is 0 Å². The zero-order valence-corrected chi connectivity index (χ0v) is 8.90. The molecule has 0 spiro atoms. The van der Waals surface area contributed by atoms with Crippen molar-refractivity contribution in [3.8, 4) is 0 Å². The molecule has 0 saturated heterocycles. The summed E-state index contributed by atoms with van der Waals surface area (Å²) in [4.78, 5) is 10.3. The molecule has 0 aliphatic carbocycles. The van der Waals surface area contributed by atoms with Crippen molar-refractivity contribution in [1.82, 2.24) is 0 Å². The average Bonchev–Trinajstić information content (AvgIpc) is 2.04. The van der Waals surface area contributed by atoms with E-state index in [1.54, 1.807) is 12.1 Å². The molecule has 0 heterocycles. The van der Waals surface area contributed by atoms with E-state index < -0.39 is 14.9 Å². The summed E-state index contributed by atoms with van der Waals surface area (Å²) >= 11 is 0. The number of rotatable bonds is 2. The van der Waals surface area contributed by atoms with Crippen LogP contribution in [0.4, 0.5) is 10.5 Å². The van der Waals surface area contributed by atoms with Gasteiger partial charge in [-0.25, -0.2) is 4.79 Å². The molecule has 0 unspecified atom stereocenters. The molecule has 4 heteroatoms. The SMILES string of the molecule is C[SiH](C)c1ccc(NC(=O)O)cc1. The van der Waals surface area contributed by atoms with Gasteiger partial charge in [0.2, 0.25) is 0 Å². The largest absolute Gasteiger partial charge is 0.465 e. The van der Waals surface area contributed by atoms with Crippen molar-refractivity contribution in [3.05, 3.63) is 24.3 Å². The summed E-state index contributed by atoms with van der Waals surface area (Å²) in [6.45, 7) is 4.47. The van der Waals surface area contributed by atoms with Crippen molar-refractivity contribution < 1.29 is 9.90 Å². The van der Waals surface area contributed by atoms with E-state index in [1.807, 2.05) is 12.1 Å². The molecule has 1 rings (SSSR count). The smallest absolute Gasteiger partial charge is 0.409 e. The van der Waals surface area contributed by atoms with E-state index in [0.717, 1.165) is 0 Å². The molecule has 13 heavy (non-hydrogen) atoms. The quantitative estimate of drug-likeness (QED) is 0.702. The Kier molecular flexibility index (Phi) is 3.08. The summed E-state index contributed by atoms with van der Waals surface area (Å²) in [6.07, 6.45) is -1.02. The maximum absolute atomic E-state index is 10.3. The molecule has 0 bridgehead atoms. The highest BCUT2D eigenvalue weighted by Gasteiger charge is 2.01. The minimum absolute atomic E-state index is 0.630. The number of hydrogen-bond donors (Lipinski definition) is 2. The van der Waals surface area contributed by atoms with Gasteiger partial charge in [-0.2, -0.15) is 0 Å². The van der Waals surface area contributed by atoms with Crippen LogP contribution in [0.15, 0.2) is 24.3 Å². The Morgan fingerprint density at radius 3 is 2.23 bits per heavy atom. The lowest BCUT2D eigenvalue weighted by atomic mass is 10.3. The Labute approximate surface area is 79.0 Å². The van der Waals surface area contributed by atoms with Gasteiger partial charge in [-0.05, 0) is 12.1 Å². The zero-order chi connectivity index (χ0) is 9.84. The van der Waals surface area contributed by atoms with Gasteiger partial charge in [0.05, 0.1) is 8.80 Å². The minimum Gasteiger partial charge on any atom is -0.465 e. The van der Waals surface area contributed by atoms with Crippen LogP contribution in [0.3, 0.4) is 0 Å². The van der Waals surface area contributed by atoms with Crippen LogP contribution in [0.5, 0.6) is 0 Å². The number of hydrogen-bond acceptors (Lipinski definition) is 1. The Morgan fingerprint density at radius 2 is 1.85 bits per heavy atom. The van der Waals surface area contributed by atoms with Gasteiger partial charge in [0, 0.05) is 5.69 Å². The number of benzene rings is 1. The molecular formula is C9H13NO2Si. The van der Waals surface area contributed by atoms with Gasteiger partial charge in [0.1, 0.15) is 0 Å². The van der Waals surface area contributed by atoms with Crippen molar-refractivity contribution in [2.45, 2.75) is 13.1 Å². The summed E-state index contributed by atoms with van der Waals surface area (Å²) in [5, 5.41) is 12.1. The summed E-state index contributed by atoms with van der Waals surface area (Å²) in [5.74, 6) is 0. The molecule has 3 nitrogen and oxygen atoms in total. The van der Waals surface area contributed by atoms with Crippen molar-refractivity contribution in [1.29, 1.82) is 0 Å². The monoisotopic (exact) mass is 195 g/mol. The fraction of sp³-hybridized carbons (Fsp3) is 0.222. The van der Waals surface area contributed by atoms with Gasteiger partial charge < -0.3 is 5.11 Å². The lowest BCUT2D eigenvalue weighted by Crippen LogP contribution is -2.22. The van der Waals surface area contributed by atoms with Crippen LogP contribution < -0.4 is 10.5 Å². The number of amides is 1. The molecule has 1 aromatic rings. The average molecular weight is 195 g/mol. The molecule has 1 aromatic carbocycles. The Bertz CT molecular complexity index is 295. The van der Waals surface area contributed by atoms with Crippen LogP contribution in [-0.4, -0.2) is 20.0 Å². The normalized spacial score (nSPS) is 10.1. The molecule has 0 atom stereocenters. The Morgan fingerprint density at radius 1 is 1.31 bits per heavy atom. The van der Waals surface area contributed by atoms with Crippen molar-refractivity contribution >= 4 is 25.8 Å². The maximum atomic E-state index is 10.3. The number of carboxylic acid groups (broad SMARTS) is 1. The van der Waals surface area contributed by atoms with E-state index in [2.05, 4.69) is 18.4 Å². The van der Waals surface area contributed by atoms with Crippen molar-refractivity contribution in [2.24, 2.45) is 0 Å². The fourth-order valence-corrected chi connectivity index (χ4v) is 2.04. The number of nitrogens with one attached hydrogen (secondary N) is 1. The molecular weight excluding hydrogens is 182 g/mol. The summed E-state index contributed by atoms with van der Waals surface area (Å²) in [5.41, 5.74) is 0.630. The first-order valence-electron chi connectivity index (χ1n) is 4.19. The number of carbonyl (C=O) groups is 1. The van der Waals surface area contributed by atoms with E-state index in [4.69, 9.17) is 5.11 Å². The summed E-state index contributed by atoms with van der Waals surface area (Å²) < 4.78 is 0. The van der Waals surface area contributed by atoms with Gasteiger partial charge in [0.15, 0.2) is 0 Å². The van der Waals surface area contributed by atoms with E-state index in [1.165, 1.54) is 5.19 Å². The van der Waals surface area contributed by atoms with E-state index in [0.29, 0.717) is 5.69 Å². The molecule has 0 radical (unpaired) electrons. The Balaban J connectivity index is 2.75. The van der Waals surface area contributed by atoms with Crippen molar-refractivity contribution in [3.63, 3.8) is 0 Å². The second-order valence-electron chi connectivity index (χ2n) is 3.21. The highest BCUT2D eigenvalue weighted by Crippen LogP contribution is 2.03. The summed E-state index contributed by atoms with van der Waals surface area (Å²) in [7, 11) is -0.760. The molecule has 70 valence electrons. The number of anilines is 1. The first-order valence-corrected chi connectivity index (χ1v) is 7.08. The topological polar surface area (TPSA) is 49.3 Å². The highest BCUT2D eigenvalue weighted by molar-refractivity contribution is 6.70. The third-order valence-corrected chi connectivity index (χ3v) is 3.55. The van der Waals surface area contributed by atoms with E-state index >= 15 is 0 Å². The molecule has 1 amide bonds. The van der Waals surface area contributed by atoms with E-state index in [9.17, 15) is 4.79 Å². The molecule has 0 fully saturated rings. The zero-order valence-electron chi connectivity index (χ0n) is 7.74. The van der Waals surface area contributed by atoms with Gasteiger partial charge in [-0.15, -0.1) is 0 Å². The fourth-order valence-electron chi connectivity index (χ4n) is 1.07. The van der Waals surface area contributed by atoms with Crippen LogP contribution in [0, 0.1) is 0 Å². The molecule has 0 aromatic heterocycles. The lowest BCUT2D eigenvalue weighted by Gasteiger charge is -2.05. The van der Waals surface area contributed by atoms with Crippen molar-refractivity contribution in [2.75, 3.05) is 5.32 Å². The van der Waals surface area contributed by atoms with Crippen LogP contribution in [0.25, 0.3) is 0 Å². The van der Waals surface area contributed by atoms with Gasteiger partial charge in [-0.1, -0.05) is 30.4 Å². The first kappa shape index (κ1) is 9.79. The van der Waals surface area contributed by atoms with Gasteiger partial charge >= 0.3 is 6.09 Å². The Hall–Kier alpha value is -1.29. The summed E-state index contributed by atoms with van der Waals surface area (Å²) in [6, 6.07) is 7.58. The lowest BCUT2D eigenvalue weighted by molar-refractivity contribution is 0.210. The second-order valence-corrected chi connectivity index (χ2v) is 6.18. The maximum Gasteiger partial charge on any atom is 0.409 e. The highest BCUT2D eigenvalue weighted by atomic mass is 28.3. The van der Waals surface area contributed by atoms with E-state index in [-0.39, 0.29) is 0 Å². The van der Waals surface area contributed by atoms with Crippen LogP contribution in [0.1, 0.15) is 0 Å². The predicted octanol–water partition coefficient (Wildman–Crippen LogP) is 1.47. The third-order valence-electron chi connectivity index (χ3n) is 1.83. The van der Waals surface area contributed by atoms with Crippen LogP contribution >= 0.6 is 0 Å². The molecule has 0 aliphatic heterocycles.